The Morgan fingerprint density at radius 3 is 2.21 bits per heavy atom. The zero-order chi connectivity index (χ0) is 16.5. The zero-order valence-electron chi connectivity index (χ0n) is 16.4. The first-order chi connectivity index (χ1) is 10.9. The molecular weight excluding hydrogens is 342 g/mol. The summed E-state index contributed by atoms with van der Waals surface area (Å²) in [4.78, 5) is 0. The Labute approximate surface area is 167 Å². The van der Waals surface area contributed by atoms with Crippen molar-refractivity contribution in [3.05, 3.63) is 50.8 Å². The summed E-state index contributed by atoms with van der Waals surface area (Å²) in [6.45, 7) is 2.87. The summed E-state index contributed by atoms with van der Waals surface area (Å²) in [5, 5.41) is 0. The van der Waals surface area contributed by atoms with Crippen molar-refractivity contribution in [3.8, 4) is 0 Å². The van der Waals surface area contributed by atoms with Gasteiger partial charge >= 0.3 is 26.8 Å². The van der Waals surface area contributed by atoms with Crippen LogP contribution in [0.4, 0.5) is 0 Å². The molecule has 2 radical (unpaired) electrons. The molecule has 1 N–H and O–H groups in total. The van der Waals surface area contributed by atoms with Gasteiger partial charge < -0.3 is 20.6 Å². The summed E-state index contributed by atoms with van der Waals surface area (Å²) < 4.78 is 0. The molecule has 1 unspecified atom stereocenters. The fourth-order valence-corrected chi connectivity index (χ4v) is 2.92. The van der Waals surface area contributed by atoms with Gasteiger partial charge in [0.15, 0.2) is 0 Å². The number of allylic oxidation sites excluding steroid dienone is 4. The predicted octanol–water partition coefficient (Wildman–Crippen LogP) is 7.18. The first kappa shape index (κ1) is 29.0. The van der Waals surface area contributed by atoms with Gasteiger partial charge in [-0.3, -0.25) is 0 Å². The normalized spacial score (nSPS) is 16.5. The van der Waals surface area contributed by atoms with Crippen molar-refractivity contribution < 1.29 is 19.2 Å². The van der Waals surface area contributed by atoms with Gasteiger partial charge in [0.2, 0.25) is 0 Å². The van der Waals surface area contributed by atoms with Crippen molar-refractivity contribution in [2.45, 2.75) is 77.6 Å². The Bertz CT molecular complexity index is 294. The predicted molar refractivity (Wildman–Crippen MR) is 109 cm³/mol. The maximum atomic E-state index is 6.95. The summed E-state index contributed by atoms with van der Waals surface area (Å²) in [5.41, 5.74) is 8.53. The number of nitrogens with one attached hydrogen (secondary N) is 1. The van der Waals surface area contributed by atoms with Crippen molar-refractivity contribution in [2.24, 2.45) is 5.92 Å². The van der Waals surface area contributed by atoms with Gasteiger partial charge in [0, 0.05) is 0 Å². The van der Waals surface area contributed by atoms with E-state index in [1.54, 1.807) is 24.7 Å². The number of hydrogen-bond acceptors (Lipinski definition) is 0. The molecule has 0 aliphatic heterocycles. The Morgan fingerprint density at radius 2 is 1.67 bits per heavy atom. The molecule has 1 fully saturated rings. The van der Waals surface area contributed by atoms with E-state index in [0.717, 1.165) is 12.3 Å². The third-order valence-corrected chi connectivity index (χ3v) is 4.24. The molecule has 0 spiro atoms. The first-order valence-corrected chi connectivity index (χ1v) is 11.8. The molecule has 0 bridgehead atoms. The molecule has 1 nitrogen and oxygen atoms in total. The second kappa shape index (κ2) is 23.2. The van der Waals surface area contributed by atoms with E-state index in [1.165, 1.54) is 64.2 Å². The quantitative estimate of drug-likeness (QED) is 0.241. The number of unbranched alkanes of at least 4 members (excludes halogenated alkanes) is 7. The van der Waals surface area contributed by atoms with Gasteiger partial charge in [-0.1, -0.05) is 64.7 Å². The SMILES string of the molecule is C1=CCC2CC[CH-]C2=C1.CCCCCCCCCC[NH-].[CH3-].[CH3-].[Si]=[Ti]. The van der Waals surface area contributed by atoms with E-state index in [1.807, 2.05) is 0 Å². The van der Waals surface area contributed by atoms with Crippen LogP contribution in [-0.4, -0.2) is 14.2 Å². The van der Waals surface area contributed by atoms with Gasteiger partial charge in [0.25, 0.3) is 0 Å². The third kappa shape index (κ3) is 15.8. The van der Waals surface area contributed by atoms with Crippen molar-refractivity contribution in [2.75, 3.05) is 6.54 Å². The fourth-order valence-electron chi connectivity index (χ4n) is 2.92. The van der Waals surface area contributed by atoms with E-state index in [0.29, 0.717) is 6.54 Å². The van der Waals surface area contributed by atoms with E-state index in [9.17, 15) is 0 Å². The summed E-state index contributed by atoms with van der Waals surface area (Å²) in [5.74, 6) is 0.884. The average molecular weight is 382 g/mol. The molecule has 2 rings (SSSR count). The van der Waals surface area contributed by atoms with Crippen LogP contribution in [0.2, 0.25) is 0 Å². The minimum absolute atomic E-state index is 0. The molecule has 0 aromatic heterocycles. The summed E-state index contributed by atoms with van der Waals surface area (Å²) in [6, 6.07) is 0. The van der Waals surface area contributed by atoms with Crippen LogP contribution in [0.5, 0.6) is 0 Å². The van der Waals surface area contributed by atoms with Crippen molar-refractivity contribution in [1.29, 1.82) is 0 Å². The molecule has 24 heavy (non-hydrogen) atoms. The molecule has 0 saturated heterocycles. The van der Waals surface area contributed by atoms with E-state index in [4.69, 9.17) is 5.73 Å². The molecule has 0 aromatic rings. The van der Waals surface area contributed by atoms with Crippen LogP contribution in [-0.2, 0) is 19.2 Å². The van der Waals surface area contributed by atoms with E-state index in [-0.39, 0.29) is 14.9 Å². The Balaban J connectivity index is -0.000000311. The number of rotatable bonds is 8. The van der Waals surface area contributed by atoms with Gasteiger partial charge in [-0.05, 0) is 12.3 Å². The minimum atomic E-state index is 0. The van der Waals surface area contributed by atoms with Crippen LogP contribution in [0.3, 0.4) is 0 Å². The van der Waals surface area contributed by atoms with Crippen LogP contribution in [0.25, 0.3) is 5.73 Å². The zero-order valence-corrected chi connectivity index (χ0v) is 18.9. The van der Waals surface area contributed by atoms with Crippen molar-refractivity contribution in [1.82, 2.24) is 0 Å². The van der Waals surface area contributed by atoms with Crippen LogP contribution in [0.1, 0.15) is 77.6 Å². The van der Waals surface area contributed by atoms with Crippen LogP contribution >= 0.6 is 0 Å². The first-order valence-electron chi connectivity index (χ1n) is 8.98. The molecule has 0 amide bonds. The van der Waals surface area contributed by atoms with E-state index < -0.39 is 0 Å². The summed E-state index contributed by atoms with van der Waals surface area (Å²) in [7, 11) is 2.97. The molecule has 2 aliphatic rings. The van der Waals surface area contributed by atoms with Crippen molar-refractivity contribution >= 4 is 7.63 Å². The molecule has 0 aromatic carbocycles. The van der Waals surface area contributed by atoms with Crippen molar-refractivity contribution in [3.63, 3.8) is 0 Å². The van der Waals surface area contributed by atoms with Gasteiger partial charge in [-0.15, -0.1) is 18.6 Å². The van der Waals surface area contributed by atoms with Gasteiger partial charge in [0.1, 0.15) is 0 Å². The Kier molecular flexibility index (Phi) is 28.1. The van der Waals surface area contributed by atoms with Crippen LogP contribution < -0.4 is 0 Å². The molecule has 1 saturated carbocycles. The second-order valence-electron chi connectivity index (χ2n) is 6.03. The summed E-state index contributed by atoms with van der Waals surface area (Å²) >= 11 is 1.81. The Morgan fingerprint density at radius 1 is 1.08 bits per heavy atom. The van der Waals surface area contributed by atoms with Gasteiger partial charge in [0.05, 0.1) is 0 Å². The Hall–Kier alpha value is 0.241. The van der Waals surface area contributed by atoms with Crippen LogP contribution in [0.15, 0.2) is 23.8 Å². The van der Waals surface area contributed by atoms with E-state index in [2.05, 4.69) is 39.2 Å². The standard InChI is InChI=1S/C10H22N.C9H11.2CH3.Si.Ti/c1-2-3-4-5-6-7-8-9-10-11;1-2-5-9-7-3-6-8(9)4-1;;;;/h11H,2-10H2,1H3;1-2,4,6,9H,3,5,7H2;2*1H3;;/q4*-1;;. The number of hydrogen-bond donors (Lipinski definition) is 0. The van der Waals surface area contributed by atoms with Crippen LogP contribution in [0, 0.1) is 27.2 Å². The third-order valence-electron chi connectivity index (χ3n) is 4.24. The molecule has 2 aliphatic carbocycles. The van der Waals surface area contributed by atoms with E-state index >= 15 is 0 Å². The second-order valence-corrected chi connectivity index (χ2v) is 6.03. The van der Waals surface area contributed by atoms with Gasteiger partial charge in [-0.25, -0.2) is 18.1 Å². The molecular formula is C21H39NSiTi-4. The summed E-state index contributed by atoms with van der Waals surface area (Å²) in [6.07, 6.45) is 23.7. The monoisotopic (exact) mass is 381 g/mol. The molecule has 3 heteroatoms. The fraction of sp³-hybridized carbons (Fsp3) is 0.667. The topological polar surface area (TPSA) is 23.8 Å². The number of fused-ring (bicyclic) bond motifs is 1. The molecule has 0 heterocycles. The molecule has 140 valence electrons. The van der Waals surface area contributed by atoms with Gasteiger partial charge in [-0.2, -0.15) is 6.54 Å². The molecule has 1 atom stereocenters. The average Bonchev–Trinajstić information content (AvgIpc) is 3.05. The maximum absolute atomic E-state index is 6.95.